The zero-order valence-corrected chi connectivity index (χ0v) is 31.2. The molecule has 1 aliphatic carbocycles. The van der Waals surface area contributed by atoms with E-state index in [1.54, 1.807) is 0 Å². The molecule has 2 aromatic heterocycles. The van der Waals surface area contributed by atoms with E-state index in [9.17, 15) is 0 Å². The molecule has 0 radical (unpaired) electrons. The van der Waals surface area contributed by atoms with Crippen LogP contribution in [0, 0.1) is 0 Å². The van der Waals surface area contributed by atoms with Crippen molar-refractivity contribution < 1.29 is 0 Å². The van der Waals surface area contributed by atoms with Gasteiger partial charge in [0.05, 0.1) is 22.4 Å². The summed E-state index contributed by atoms with van der Waals surface area (Å²) in [6, 6.07) is 67.5. The van der Waals surface area contributed by atoms with Gasteiger partial charge >= 0.3 is 0 Å². The number of hydrogen-bond acceptors (Lipinski definition) is 2. The summed E-state index contributed by atoms with van der Waals surface area (Å²) in [4.78, 5) is 10.7. The molecule has 56 heavy (non-hydrogen) atoms. The quantitative estimate of drug-likeness (QED) is 0.178. The van der Waals surface area contributed by atoms with E-state index in [2.05, 4.69) is 200 Å². The molecule has 11 rings (SSSR count). The molecule has 8 aromatic carbocycles. The van der Waals surface area contributed by atoms with E-state index >= 15 is 0 Å². The normalized spacial score (nSPS) is 13.0. The van der Waals surface area contributed by atoms with Gasteiger partial charge < -0.3 is 4.57 Å². The van der Waals surface area contributed by atoms with Crippen molar-refractivity contribution in [3.63, 3.8) is 0 Å². The maximum Gasteiger partial charge on any atom is 0.160 e. The maximum atomic E-state index is 5.34. The number of rotatable bonds is 5. The molecule has 0 bridgehead atoms. The van der Waals surface area contributed by atoms with Crippen LogP contribution in [0.5, 0.6) is 0 Å². The van der Waals surface area contributed by atoms with Gasteiger partial charge in [0.1, 0.15) is 0 Å². The molecule has 0 saturated carbocycles. The number of hydrogen-bond donors (Lipinski definition) is 0. The number of fused-ring (bicyclic) bond motifs is 7. The fourth-order valence-electron chi connectivity index (χ4n) is 9.26. The molecule has 2 heterocycles. The number of para-hydroxylation sites is 2. The van der Waals surface area contributed by atoms with Gasteiger partial charge in [-0.1, -0.05) is 172 Å². The van der Waals surface area contributed by atoms with Gasteiger partial charge in [0.25, 0.3) is 0 Å². The highest BCUT2D eigenvalue weighted by Gasteiger charge is 2.36. The van der Waals surface area contributed by atoms with Crippen molar-refractivity contribution in [3.05, 3.63) is 199 Å². The van der Waals surface area contributed by atoms with Crippen LogP contribution in [0.2, 0.25) is 0 Å². The van der Waals surface area contributed by atoms with Crippen molar-refractivity contribution in [2.45, 2.75) is 19.3 Å². The predicted octanol–water partition coefficient (Wildman–Crippen LogP) is 13.7. The van der Waals surface area contributed by atoms with Crippen molar-refractivity contribution in [2.75, 3.05) is 0 Å². The highest BCUT2D eigenvalue weighted by molar-refractivity contribution is 6.16. The third kappa shape index (κ3) is 4.84. The zero-order valence-electron chi connectivity index (χ0n) is 31.2. The van der Waals surface area contributed by atoms with Crippen LogP contribution in [-0.4, -0.2) is 14.5 Å². The minimum absolute atomic E-state index is 0.0703. The van der Waals surface area contributed by atoms with Crippen LogP contribution in [0.4, 0.5) is 0 Å². The lowest BCUT2D eigenvalue weighted by Gasteiger charge is -2.22. The van der Waals surface area contributed by atoms with E-state index in [1.165, 1.54) is 55.1 Å². The van der Waals surface area contributed by atoms with Gasteiger partial charge in [-0.05, 0) is 74.5 Å². The van der Waals surface area contributed by atoms with Crippen LogP contribution < -0.4 is 0 Å². The average Bonchev–Trinajstić information content (AvgIpc) is 3.72. The van der Waals surface area contributed by atoms with E-state index < -0.39 is 0 Å². The Morgan fingerprint density at radius 3 is 1.77 bits per heavy atom. The molecule has 3 nitrogen and oxygen atoms in total. The van der Waals surface area contributed by atoms with Crippen LogP contribution in [0.25, 0.3) is 94.4 Å². The molecule has 264 valence electrons. The standard InChI is InChI=1S/C53H37N3/c1-53(2)44-27-13-11-23-41(44)50-40(25-15-28-45(50)53)38-31-32-39(37-22-10-9-21-36(37)38)46-33-47(55-52(54-46)34-17-5-3-6-18-34)42-26-16-30-49-51(42)43-24-12-14-29-48(43)56(49)35-19-7-4-8-20-35/h3-33H,1-2H3. The summed E-state index contributed by atoms with van der Waals surface area (Å²) < 4.78 is 2.36. The molecule has 0 unspecified atom stereocenters. The van der Waals surface area contributed by atoms with Crippen LogP contribution in [0.1, 0.15) is 25.0 Å². The van der Waals surface area contributed by atoms with Crippen molar-refractivity contribution in [1.82, 2.24) is 14.5 Å². The molecule has 0 aliphatic heterocycles. The molecule has 0 fully saturated rings. The molecular weight excluding hydrogens is 679 g/mol. The SMILES string of the molecule is CC1(C)c2ccccc2-c2c(-c3ccc(-c4cc(-c5cccc6c5c5ccccc5n6-c5ccccc5)nc(-c5ccccc5)n4)c4ccccc34)cccc21. The average molecular weight is 716 g/mol. The smallest absolute Gasteiger partial charge is 0.160 e. The van der Waals surface area contributed by atoms with E-state index in [-0.39, 0.29) is 5.41 Å². The highest BCUT2D eigenvalue weighted by Crippen LogP contribution is 2.53. The van der Waals surface area contributed by atoms with Gasteiger partial charge in [0.15, 0.2) is 5.82 Å². The first-order valence-corrected chi connectivity index (χ1v) is 19.3. The zero-order chi connectivity index (χ0) is 37.4. The van der Waals surface area contributed by atoms with Crippen LogP contribution >= 0.6 is 0 Å². The van der Waals surface area contributed by atoms with E-state index in [0.717, 1.165) is 44.7 Å². The summed E-state index contributed by atoms with van der Waals surface area (Å²) in [5, 5.41) is 4.74. The number of nitrogens with zero attached hydrogens (tertiary/aromatic N) is 3. The second-order valence-electron chi connectivity index (χ2n) is 15.3. The summed E-state index contributed by atoms with van der Waals surface area (Å²) in [6.45, 7) is 4.69. The molecule has 0 saturated heterocycles. The number of aromatic nitrogens is 3. The summed E-state index contributed by atoms with van der Waals surface area (Å²) >= 11 is 0. The van der Waals surface area contributed by atoms with Crippen LogP contribution in [0.15, 0.2) is 188 Å². The molecule has 10 aromatic rings. The summed E-state index contributed by atoms with van der Waals surface area (Å²) in [5.41, 5.74) is 16.2. The highest BCUT2D eigenvalue weighted by atomic mass is 15.0. The maximum absolute atomic E-state index is 5.34. The molecule has 0 N–H and O–H groups in total. The minimum Gasteiger partial charge on any atom is -0.309 e. The van der Waals surface area contributed by atoms with Gasteiger partial charge in [0, 0.05) is 38.6 Å². The van der Waals surface area contributed by atoms with E-state index in [4.69, 9.17) is 9.97 Å². The Balaban J connectivity index is 1.15. The van der Waals surface area contributed by atoms with Gasteiger partial charge in [0.2, 0.25) is 0 Å². The van der Waals surface area contributed by atoms with Gasteiger partial charge in [-0.3, -0.25) is 0 Å². The Bertz CT molecular complexity index is 3150. The first-order chi connectivity index (χ1) is 27.6. The van der Waals surface area contributed by atoms with Crippen molar-refractivity contribution >= 4 is 32.6 Å². The van der Waals surface area contributed by atoms with E-state index in [0.29, 0.717) is 5.82 Å². The Morgan fingerprint density at radius 1 is 0.411 bits per heavy atom. The molecule has 0 amide bonds. The third-order valence-corrected chi connectivity index (χ3v) is 11.8. The van der Waals surface area contributed by atoms with Crippen LogP contribution in [-0.2, 0) is 5.41 Å². The third-order valence-electron chi connectivity index (χ3n) is 11.8. The number of benzene rings is 8. The Labute approximate surface area is 326 Å². The van der Waals surface area contributed by atoms with Crippen LogP contribution in [0.3, 0.4) is 0 Å². The molecule has 0 spiro atoms. The first kappa shape index (κ1) is 32.3. The summed E-state index contributed by atoms with van der Waals surface area (Å²) in [5.74, 6) is 0.703. The summed E-state index contributed by atoms with van der Waals surface area (Å²) in [6.07, 6.45) is 0. The second-order valence-corrected chi connectivity index (χ2v) is 15.3. The lowest BCUT2D eigenvalue weighted by molar-refractivity contribution is 0.660. The monoisotopic (exact) mass is 715 g/mol. The van der Waals surface area contributed by atoms with Gasteiger partial charge in [-0.2, -0.15) is 0 Å². The topological polar surface area (TPSA) is 30.7 Å². The van der Waals surface area contributed by atoms with Gasteiger partial charge in [-0.15, -0.1) is 0 Å². The lowest BCUT2D eigenvalue weighted by atomic mass is 9.81. The first-order valence-electron chi connectivity index (χ1n) is 19.3. The minimum atomic E-state index is -0.0703. The van der Waals surface area contributed by atoms with E-state index in [1.807, 2.05) is 6.07 Å². The Morgan fingerprint density at radius 2 is 0.964 bits per heavy atom. The Hall–Kier alpha value is -7.10. The second kappa shape index (κ2) is 12.5. The van der Waals surface area contributed by atoms with Crippen molar-refractivity contribution in [1.29, 1.82) is 0 Å². The molecule has 1 aliphatic rings. The molecule has 0 atom stereocenters. The molecular formula is C53H37N3. The fraction of sp³-hybridized carbons (Fsp3) is 0.0566. The summed E-state index contributed by atoms with van der Waals surface area (Å²) in [7, 11) is 0. The fourth-order valence-corrected chi connectivity index (χ4v) is 9.26. The largest absolute Gasteiger partial charge is 0.309 e. The lowest BCUT2D eigenvalue weighted by Crippen LogP contribution is -2.14. The predicted molar refractivity (Wildman–Crippen MR) is 233 cm³/mol. The van der Waals surface area contributed by atoms with Crippen molar-refractivity contribution in [2.24, 2.45) is 0 Å². The van der Waals surface area contributed by atoms with Crippen molar-refractivity contribution in [3.8, 4) is 61.8 Å². The Kier molecular flexibility index (Phi) is 7.20. The molecule has 3 heteroatoms. The van der Waals surface area contributed by atoms with Gasteiger partial charge in [-0.25, -0.2) is 9.97 Å².